The first-order chi connectivity index (χ1) is 13.4. The number of rotatable bonds is 9. The monoisotopic (exact) mass is 391 g/mol. The zero-order valence-corrected chi connectivity index (χ0v) is 17.1. The first-order valence-electron chi connectivity index (χ1n) is 9.31. The van der Waals surface area contributed by atoms with Crippen LogP contribution in [0.25, 0.3) is 0 Å². The van der Waals surface area contributed by atoms with Crippen molar-refractivity contribution in [2.45, 2.75) is 32.9 Å². The molecule has 1 aliphatic heterocycles. The topological polar surface area (TPSA) is 89.1 Å². The number of esters is 1. The third-order valence-electron chi connectivity index (χ3n) is 4.50. The molecule has 8 heteroatoms. The highest BCUT2D eigenvalue weighted by atomic mass is 16.5. The predicted octanol–water partition coefficient (Wildman–Crippen LogP) is 2.04. The fourth-order valence-electron chi connectivity index (χ4n) is 3.28. The van der Waals surface area contributed by atoms with E-state index in [4.69, 9.17) is 14.2 Å². The van der Waals surface area contributed by atoms with Gasteiger partial charge >= 0.3 is 12.0 Å². The van der Waals surface area contributed by atoms with E-state index in [-0.39, 0.29) is 18.7 Å². The molecule has 1 heterocycles. The molecule has 0 radical (unpaired) electrons. The van der Waals surface area contributed by atoms with Gasteiger partial charge in [-0.2, -0.15) is 0 Å². The van der Waals surface area contributed by atoms with Crippen LogP contribution in [0, 0.1) is 0 Å². The second-order valence-electron chi connectivity index (χ2n) is 6.50. The van der Waals surface area contributed by atoms with E-state index in [2.05, 4.69) is 10.6 Å². The highest BCUT2D eigenvalue weighted by Crippen LogP contribution is 2.31. The van der Waals surface area contributed by atoms with E-state index in [0.29, 0.717) is 42.3 Å². The van der Waals surface area contributed by atoms with Crippen LogP contribution in [0.15, 0.2) is 29.5 Å². The van der Waals surface area contributed by atoms with Gasteiger partial charge in [-0.15, -0.1) is 0 Å². The molecular weight excluding hydrogens is 362 g/mol. The van der Waals surface area contributed by atoms with Gasteiger partial charge in [-0.3, -0.25) is 4.90 Å². The fourth-order valence-corrected chi connectivity index (χ4v) is 3.28. The lowest BCUT2D eigenvalue weighted by Gasteiger charge is -2.30. The Morgan fingerprint density at radius 1 is 1.18 bits per heavy atom. The molecule has 0 bridgehead atoms. The lowest BCUT2D eigenvalue weighted by Crippen LogP contribution is -2.51. The predicted molar refractivity (Wildman–Crippen MR) is 105 cm³/mol. The largest absolute Gasteiger partial charge is 0.493 e. The molecule has 1 atom stereocenters. The van der Waals surface area contributed by atoms with Crippen molar-refractivity contribution in [2.75, 3.05) is 34.4 Å². The summed E-state index contributed by atoms with van der Waals surface area (Å²) >= 11 is 0. The number of nitrogens with one attached hydrogen (secondary N) is 2. The molecule has 2 amide bonds. The Bertz CT molecular complexity index is 747. The van der Waals surface area contributed by atoms with Crippen LogP contribution in [0.1, 0.15) is 25.8 Å². The minimum atomic E-state index is -0.413. The Labute approximate surface area is 165 Å². The van der Waals surface area contributed by atoms with Gasteiger partial charge in [-0.05, 0) is 26.5 Å². The van der Waals surface area contributed by atoms with Crippen LogP contribution < -0.4 is 20.1 Å². The number of carbonyl (C=O) groups is 2. The van der Waals surface area contributed by atoms with Gasteiger partial charge in [0.25, 0.3) is 0 Å². The highest BCUT2D eigenvalue weighted by molar-refractivity contribution is 5.94. The number of methoxy groups -OCH3 is 2. The quantitative estimate of drug-likeness (QED) is 0.627. The van der Waals surface area contributed by atoms with Crippen LogP contribution in [-0.4, -0.2) is 57.4 Å². The lowest BCUT2D eigenvalue weighted by molar-refractivity contribution is -0.139. The fraction of sp³-hybridized carbons (Fsp3) is 0.500. The Hall–Kier alpha value is -2.74. The molecule has 1 unspecified atom stereocenters. The molecular formula is C20H29N3O5. The Balaban J connectivity index is 2.27. The lowest BCUT2D eigenvalue weighted by atomic mass is 10.00. The van der Waals surface area contributed by atoms with Crippen molar-refractivity contribution >= 4 is 12.0 Å². The number of para-hydroxylation sites is 1. The summed E-state index contributed by atoms with van der Waals surface area (Å²) in [6, 6.07) is 4.99. The van der Waals surface area contributed by atoms with Gasteiger partial charge in [0.15, 0.2) is 11.5 Å². The zero-order chi connectivity index (χ0) is 20.7. The second-order valence-corrected chi connectivity index (χ2v) is 6.50. The average molecular weight is 391 g/mol. The maximum absolute atomic E-state index is 12.5. The molecule has 1 aromatic carbocycles. The van der Waals surface area contributed by atoms with Gasteiger partial charge < -0.3 is 24.8 Å². The minimum absolute atomic E-state index is 0.275. The SMILES string of the molecule is CCOC(=O)C1=C(CN(C)Cc2cccc(OC)c2OC)NC(=O)NC1CC. The van der Waals surface area contributed by atoms with Crippen molar-refractivity contribution in [1.29, 1.82) is 0 Å². The van der Waals surface area contributed by atoms with Crippen molar-refractivity contribution in [3.8, 4) is 11.5 Å². The third-order valence-corrected chi connectivity index (χ3v) is 4.50. The maximum Gasteiger partial charge on any atom is 0.337 e. The summed E-state index contributed by atoms with van der Waals surface area (Å²) in [7, 11) is 5.10. The molecule has 0 spiro atoms. The Morgan fingerprint density at radius 2 is 1.93 bits per heavy atom. The molecule has 2 N–H and O–H groups in total. The summed E-state index contributed by atoms with van der Waals surface area (Å²) in [5.74, 6) is 0.905. The highest BCUT2D eigenvalue weighted by Gasteiger charge is 2.31. The molecule has 0 saturated heterocycles. The van der Waals surface area contributed by atoms with Gasteiger partial charge in [0, 0.05) is 24.4 Å². The number of hydrogen-bond acceptors (Lipinski definition) is 6. The average Bonchev–Trinajstić information content (AvgIpc) is 2.67. The van der Waals surface area contributed by atoms with Crippen molar-refractivity contribution in [3.05, 3.63) is 35.0 Å². The van der Waals surface area contributed by atoms with E-state index < -0.39 is 5.97 Å². The van der Waals surface area contributed by atoms with Crippen molar-refractivity contribution in [1.82, 2.24) is 15.5 Å². The summed E-state index contributed by atoms with van der Waals surface area (Å²) in [5.41, 5.74) is 1.96. The number of benzene rings is 1. The molecule has 154 valence electrons. The number of likely N-dealkylation sites (N-methyl/N-ethyl adjacent to an activating group) is 1. The van der Waals surface area contributed by atoms with Crippen molar-refractivity contribution < 1.29 is 23.8 Å². The van der Waals surface area contributed by atoms with Gasteiger partial charge in [-0.1, -0.05) is 19.1 Å². The molecule has 2 rings (SSSR count). The van der Waals surface area contributed by atoms with Crippen molar-refractivity contribution in [2.24, 2.45) is 0 Å². The van der Waals surface area contributed by atoms with Gasteiger partial charge in [-0.25, -0.2) is 9.59 Å². The molecule has 0 saturated carbocycles. The molecule has 0 aromatic heterocycles. The number of nitrogens with zero attached hydrogens (tertiary/aromatic N) is 1. The third kappa shape index (κ3) is 4.95. The molecule has 1 aromatic rings. The first kappa shape index (κ1) is 21.6. The zero-order valence-electron chi connectivity index (χ0n) is 17.1. The minimum Gasteiger partial charge on any atom is -0.493 e. The Kier molecular flexibility index (Phi) is 7.69. The standard InChI is InChI=1S/C20H29N3O5/c1-6-14-17(19(24)28-7-2)15(22-20(25)21-14)12-23(3)11-13-9-8-10-16(26-4)18(13)27-5/h8-10,14H,6-7,11-12H2,1-5H3,(H2,21,22,25). The summed E-state index contributed by atoms with van der Waals surface area (Å²) in [6.45, 7) is 4.86. The van der Waals surface area contributed by atoms with Crippen LogP contribution in [0.3, 0.4) is 0 Å². The van der Waals surface area contributed by atoms with E-state index in [1.165, 1.54) is 0 Å². The summed E-state index contributed by atoms with van der Waals surface area (Å²) in [4.78, 5) is 26.5. The molecule has 0 fully saturated rings. The smallest absolute Gasteiger partial charge is 0.337 e. The maximum atomic E-state index is 12.5. The number of urea groups is 1. The molecule has 1 aliphatic rings. The molecule has 8 nitrogen and oxygen atoms in total. The van der Waals surface area contributed by atoms with E-state index in [0.717, 1.165) is 5.56 Å². The number of carbonyl (C=O) groups excluding carboxylic acids is 2. The molecule has 28 heavy (non-hydrogen) atoms. The van der Waals surface area contributed by atoms with Gasteiger partial charge in [0.2, 0.25) is 0 Å². The van der Waals surface area contributed by atoms with Gasteiger partial charge in [0.05, 0.1) is 32.4 Å². The summed E-state index contributed by atoms with van der Waals surface area (Å²) in [5, 5.41) is 5.55. The number of ether oxygens (including phenoxy) is 3. The number of hydrogen-bond donors (Lipinski definition) is 2. The summed E-state index contributed by atoms with van der Waals surface area (Å²) < 4.78 is 16.0. The van der Waals surface area contributed by atoms with Gasteiger partial charge in [0.1, 0.15) is 0 Å². The van der Waals surface area contributed by atoms with Crippen LogP contribution in [0.5, 0.6) is 11.5 Å². The second kappa shape index (κ2) is 9.98. The number of amides is 2. The summed E-state index contributed by atoms with van der Waals surface area (Å²) in [6.07, 6.45) is 0.596. The van der Waals surface area contributed by atoms with Crippen LogP contribution in [0.2, 0.25) is 0 Å². The van der Waals surface area contributed by atoms with Crippen LogP contribution in [-0.2, 0) is 16.1 Å². The van der Waals surface area contributed by atoms with Crippen molar-refractivity contribution in [3.63, 3.8) is 0 Å². The van der Waals surface area contributed by atoms with Crippen LogP contribution in [0.4, 0.5) is 4.79 Å². The Morgan fingerprint density at radius 3 is 2.54 bits per heavy atom. The first-order valence-corrected chi connectivity index (χ1v) is 9.31. The van der Waals surface area contributed by atoms with E-state index >= 15 is 0 Å². The van der Waals surface area contributed by atoms with E-state index in [9.17, 15) is 9.59 Å². The molecule has 0 aliphatic carbocycles. The van der Waals surface area contributed by atoms with E-state index in [1.54, 1.807) is 21.1 Å². The van der Waals surface area contributed by atoms with E-state index in [1.807, 2.05) is 37.1 Å². The van der Waals surface area contributed by atoms with Crippen LogP contribution >= 0.6 is 0 Å². The normalized spacial score (nSPS) is 16.5.